The first-order chi connectivity index (χ1) is 8.26. The summed E-state index contributed by atoms with van der Waals surface area (Å²) in [5, 5.41) is 0.507. The van der Waals surface area contributed by atoms with Crippen LogP contribution in [0.3, 0.4) is 0 Å². The highest BCUT2D eigenvalue weighted by atomic mass is 35.5. The summed E-state index contributed by atoms with van der Waals surface area (Å²) in [5.74, 6) is 0.823. The van der Waals surface area contributed by atoms with E-state index in [9.17, 15) is 0 Å². The Labute approximate surface area is 108 Å². The SMILES string of the molecule is CCN(CC)C1CCN(c2nccnc2Cl)C1. The molecule has 1 atom stereocenters. The Morgan fingerprint density at radius 3 is 2.71 bits per heavy atom. The Bertz CT molecular complexity index is 367. The average molecular weight is 255 g/mol. The maximum Gasteiger partial charge on any atom is 0.171 e. The molecule has 2 rings (SSSR count). The van der Waals surface area contributed by atoms with Gasteiger partial charge in [-0.15, -0.1) is 0 Å². The topological polar surface area (TPSA) is 32.3 Å². The Hall–Kier alpha value is -0.870. The van der Waals surface area contributed by atoms with Crippen molar-refractivity contribution in [2.45, 2.75) is 26.3 Å². The first-order valence-electron chi connectivity index (χ1n) is 6.21. The average Bonchev–Trinajstić information content (AvgIpc) is 2.81. The normalized spacial score (nSPS) is 20.2. The van der Waals surface area contributed by atoms with Crippen molar-refractivity contribution < 1.29 is 0 Å². The van der Waals surface area contributed by atoms with E-state index in [-0.39, 0.29) is 0 Å². The Morgan fingerprint density at radius 2 is 2.06 bits per heavy atom. The highest BCUT2D eigenvalue weighted by Gasteiger charge is 2.28. The summed E-state index contributed by atoms with van der Waals surface area (Å²) in [6.07, 6.45) is 4.50. The molecule has 0 aliphatic carbocycles. The maximum atomic E-state index is 6.07. The molecule has 0 saturated carbocycles. The monoisotopic (exact) mass is 254 g/mol. The second kappa shape index (κ2) is 5.65. The van der Waals surface area contributed by atoms with Gasteiger partial charge in [0.05, 0.1) is 0 Å². The van der Waals surface area contributed by atoms with E-state index in [0.29, 0.717) is 11.2 Å². The van der Waals surface area contributed by atoms with Gasteiger partial charge < -0.3 is 4.90 Å². The van der Waals surface area contributed by atoms with Gasteiger partial charge in [-0.1, -0.05) is 25.4 Å². The molecule has 0 amide bonds. The zero-order valence-corrected chi connectivity index (χ0v) is 11.2. The third-order valence-electron chi connectivity index (χ3n) is 3.43. The standard InChI is InChI=1S/C12H19ClN4/c1-3-16(4-2)10-5-8-17(9-10)12-11(13)14-6-7-15-12/h6-7,10H,3-5,8-9H2,1-2H3. The largest absolute Gasteiger partial charge is 0.352 e. The fourth-order valence-corrected chi connectivity index (χ4v) is 2.72. The van der Waals surface area contributed by atoms with Crippen molar-refractivity contribution >= 4 is 17.4 Å². The van der Waals surface area contributed by atoms with Crippen LogP contribution in [0.15, 0.2) is 12.4 Å². The number of aromatic nitrogens is 2. The first kappa shape index (κ1) is 12.6. The summed E-state index contributed by atoms with van der Waals surface area (Å²) in [4.78, 5) is 13.1. The van der Waals surface area contributed by atoms with E-state index >= 15 is 0 Å². The van der Waals surface area contributed by atoms with Crippen molar-refractivity contribution in [1.82, 2.24) is 14.9 Å². The van der Waals surface area contributed by atoms with Crippen molar-refractivity contribution in [2.75, 3.05) is 31.1 Å². The quantitative estimate of drug-likeness (QED) is 0.823. The molecule has 1 aliphatic rings. The van der Waals surface area contributed by atoms with Gasteiger partial charge >= 0.3 is 0 Å². The molecule has 0 aromatic carbocycles. The van der Waals surface area contributed by atoms with Crippen LogP contribution in [0.4, 0.5) is 5.82 Å². The van der Waals surface area contributed by atoms with Crippen LogP contribution in [-0.2, 0) is 0 Å². The van der Waals surface area contributed by atoms with Crippen molar-refractivity contribution in [3.63, 3.8) is 0 Å². The van der Waals surface area contributed by atoms with E-state index in [1.54, 1.807) is 12.4 Å². The van der Waals surface area contributed by atoms with E-state index in [1.807, 2.05) is 0 Å². The maximum absolute atomic E-state index is 6.07. The molecule has 94 valence electrons. The lowest BCUT2D eigenvalue weighted by Crippen LogP contribution is -2.37. The van der Waals surface area contributed by atoms with Gasteiger partial charge in [0.25, 0.3) is 0 Å². The molecule has 1 aromatic heterocycles. The van der Waals surface area contributed by atoms with Crippen LogP contribution in [0.2, 0.25) is 5.15 Å². The van der Waals surface area contributed by atoms with Crippen molar-refractivity contribution in [3.05, 3.63) is 17.5 Å². The van der Waals surface area contributed by atoms with E-state index in [1.165, 1.54) is 6.42 Å². The summed E-state index contributed by atoms with van der Waals surface area (Å²) < 4.78 is 0. The predicted molar refractivity (Wildman–Crippen MR) is 70.6 cm³/mol. The number of halogens is 1. The lowest BCUT2D eigenvalue weighted by Gasteiger charge is -2.26. The molecule has 0 N–H and O–H groups in total. The number of likely N-dealkylation sites (N-methyl/N-ethyl adjacent to an activating group) is 1. The molecule has 1 aliphatic heterocycles. The Kier molecular flexibility index (Phi) is 4.18. The van der Waals surface area contributed by atoms with Crippen LogP contribution >= 0.6 is 11.6 Å². The van der Waals surface area contributed by atoms with Gasteiger partial charge in [-0.3, -0.25) is 4.90 Å². The van der Waals surface area contributed by atoms with Crippen molar-refractivity contribution in [3.8, 4) is 0 Å². The van der Waals surface area contributed by atoms with Crippen LogP contribution in [0.25, 0.3) is 0 Å². The minimum atomic E-state index is 0.507. The number of rotatable bonds is 4. The molecule has 4 nitrogen and oxygen atoms in total. The number of hydrogen-bond acceptors (Lipinski definition) is 4. The van der Waals surface area contributed by atoms with E-state index in [2.05, 4.69) is 33.6 Å². The summed E-state index contributed by atoms with van der Waals surface area (Å²) in [6.45, 7) is 8.63. The van der Waals surface area contributed by atoms with Gasteiger partial charge in [-0.05, 0) is 19.5 Å². The van der Waals surface area contributed by atoms with Gasteiger partial charge in [-0.2, -0.15) is 0 Å². The summed E-state index contributed by atoms with van der Waals surface area (Å²) in [7, 11) is 0. The van der Waals surface area contributed by atoms with E-state index in [4.69, 9.17) is 11.6 Å². The summed E-state index contributed by atoms with van der Waals surface area (Å²) >= 11 is 6.07. The molecule has 0 bridgehead atoms. The minimum Gasteiger partial charge on any atom is -0.352 e. The van der Waals surface area contributed by atoms with Crippen LogP contribution < -0.4 is 4.90 Å². The van der Waals surface area contributed by atoms with Crippen molar-refractivity contribution in [1.29, 1.82) is 0 Å². The molecular formula is C12H19ClN4. The fourth-order valence-electron chi connectivity index (χ4n) is 2.50. The van der Waals surface area contributed by atoms with Crippen LogP contribution in [0, 0.1) is 0 Å². The van der Waals surface area contributed by atoms with Gasteiger partial charge in [0.15, 0.2) is 11.0 Å². The van der Waals surface area contributed by atoms with E-state index < -0.39 is 0 Å². The zero-order valence-electron chi connectivity index (χ0n) is 10.4. The second-order valence-electron chi connectivity index (χ2n) is 4.28. The van der Waals surface area contributed by atoms with Crippen LogP contribution in [0.5, 0.6) is 0 Å². The highest BCUT2D eigenvalue weighted by Crippen LogP contribution is 2.25. The smallest absolute Gasteiger partial charge is 0.171 e. The summed E-state index contributed by atoms with van der Waals surface area (Å²) in [5.41, 5.74) is 0. The fraction of sp³-hybridized carbons (Fsp3) is 0.667. The first-order valence-corrected chi connectivity index (χ1v) is 6.59. The predicted octanol–water partition coefficient (Wildman–Crippen LogP) is 2.05. The molecular weight excluding hydrogens is 236 g/mol. The van der Waals surface area contributed by atoms with Gasteiger partial charge in [0.1, 0.15) is 0 Å². The minimum absolute atomic E-state index is 0.507. The van der Waals surface area contributed by atoms with Crippen molar-refractivity contribution in [2.24, 2.45) is 0 Å². The Balaban J connectivity index is 2.05. The van der Waals surface area contributed by atoms with Gasteiger partial charge in [0.2, 0.25) is 0 Å². The third-order valence-corrected chi connectivity index (χ3v) is 3.69. The van der Waals surface area contributed by atoms with Crippen LogP contribution in [-0.4, -0.2) is 47.1 Å². The molecule has 1 saturated heterocycles. The Morgan fingerprint density at radius 1 is 1.35 bits per heavy atom. The lowest BCUT2D eigenvalue weighted by atomic mass is 10.2. The molecule has 0 radical (unpaired) electrons. The summed E-state index contributed by atoms with van der Waals surface area (Å²) in [6, 6.07) is 0.614. The second-order valence-corrected chi connectivity index (χ2v) is 4.64. The third kappa shape index (κ3) is 2.69. The lowest BCUT2D eigenvalue weighted by molar-refractivity contribution is 0.232. The zero-order chi connectivity index (χ0) is 12.3. The van der Waals surface area contributed by atoms with E-state index in [0.717, 1.165) is 32.0 Å². The highest BCUT2D eigenvalue weighted by molar-refractivity contribution is 6.31. The molecule has 1 unspecified atom stereocenters. The molecule has 5 heteroatoms. The molecule has 1 aromatic rings. The van der Waals surface area contributed by atoms with Gasteiger partial charge in [-0.25, -0.2) is 9.97 Å². The number of anilines is 1. The molecule has 17 heavy (non-hydrogen) atoms. The van der Waals surface area contributed by atoms with Gasteiger partial charge in [0, 0.05) is 31.5 Å². The number of nitrogens with zero attached hydrogens (tertiary/aromatic N) is 4. The number of hydrogen-bond donors (Lipinski definition) is 0. The van der Waals surface area contributed by atoms with Crippen LogP contribution in [0.1, 0.15) is 20.3 Å². The molecule has 0 spiro atoms. The molecule has 2 heterocycles. The molecule has 1 fully saturated rings.